The van der Waals surface area contributed by atoms with Crippen LogP contribution in [0.15, 0.2) is 28.7 Å². The van der Waals surface area contributed by atoms with Crippen LogP contribution in [0.4, 0.5) is 5.69 Å². The summed E-state index contributed by atoms with van der Waals surface area (Å²) in [7, 11) is 2.11. The molecule has 0 bridgehead atoms. The largest absolute Gasteiger partial charge is 0.365 e. The maximum atomic E-state index is 8.91. The van der Waals surface area contributed by atoms with Gasteiger partial charge in [-0.15, -0.1) is 0 Å². The number of likely N-dealkylation sites (N-methyl/N-ethyl adjacent to an activating group) is 1. The first kappa shape index (κ1) is 13.4. The van der Waals surface area contributed by atoms with E-state index in [-0.39, 0.29) is 0 Å². The lowest BCUT2D eigenvalue weighted by atomic mass is 10.0. The molecule has 1 aliphatic rings. The Morgan fingerprint density at radius 3 is 2.78 bits per heavy atom. The van der Waals surface area contributed by atoms with Gasteiger partial charge in [-0.1, -0.05) is 12.1 Å². The molecule has 1 heterocycles. The van der Waals surface area contributed by atoms with Crippen molar-refractivity contribution < 1.29 is 0 Å². The van der Waals surface area contributed by atoms with E-state index < -0.39 is 0 Å². The molecule has 0 aliphatic carbocycles. The van der Waals surface area contributed by atoms with Crippen LogP contribution in [0.2, 0.25) is 0 Å². The van der Waals surface area contributed by atoms with Gasteiger partial charge < -0.3 is 4.90 Å². The molecule has 2 atom stereocenters. The van der Waals surface area contributed by atoms with Crippen LogP contribution in [-0.4, -0.2) is 37.1 Å². The average molecular weight is 308 g/mol. The van der Waals surface area contributed by atoms with Gasteiger partial charge in [-0.25, -0.2) is 0 Å². The topological polar surface area (TPSA) is 30.3 Å². The minimum Gasteiger partial charge on any atom is -0.365 e. The van der Waals surface area contributed by atoms with Gasteiger partial charge in [0.1, 0.15) is 0 Å². The summed E-state index contributed by atoms with van der Waals surface area (Å²) in [5.74, 6) is 0. The zero-order valence-electron chi connectivity index (χ0n) is 10.8. The van der Waals surface area contributed by atoms with Gasteiger partial charge in [0, 0.05) is 29.6 Å². The fourth-order valence-corrected chi connectivity index (χ4v) is 3.07. The van der Waals surface area contributed by atoms with E-state index in [0.29, 0.717) is 18.5 Å². The fourth-order valence-electron chi connectivity index (χ4n) is 2.56. The molecule has 2 rings (SSSR count). The number of rotatable bonds is 2. The van der Waals surface area contributed by atoms with Gasteiger partial charge in [-0.2, -0.15) is 5.26 Å². The van der Waals surface area contributed by atoms with E-state index >= 15 is 0 Å². The molecule has 3 nitrogen and oxygen atoms in total. The molecule has 0 amide bonds. The van der Waals surface area contributed by atoms with Gasteiger partial charge in [0.15, 0.2) is 0 Å². The van der Waals surface area contributed by atoms with E-state index in [1.807, 2.05) is 6.07 Å². The minimum atomic E-state index is 0.318. The molecule has 1 saturated heterocycles. The third kappa shape index (κ3) is 2.68. The predicted octanol–water partition coefficient (Wildman–Crippen LogP) is 2.87. The Morgan fingerprint density at radius 2 is 2.11 bits per heavy atom. The van der Waals surface area contributed by atoms with Crippen molar-refractivity contribution in [1.82, 2.24) is 4.90 Å². The Balaban J connectivity index is 2.22. The Morgan fingerprint density at radius 1 is 1.39 bits per heavy atom. The predicted molar refractivity (Wildman–Crippen MR) is 77.6 cm³/mol. The van der Waals surface area contributed by atoms with Crippen molar-refractivity contribution in [2.75, 3.05) is 25.0 Å². The number of piperazine rings is 1. The molecule has 0 radical (unpaired) electrons. The summed E-state index contributed by atoms with van der Waals surface area (Å²) in [6, 6.07) is 11.4. The van der Waals surface area contributed by atoms with Crippen molar-refractivity contribution in [3.8, 4) is 6.07 Å². The van der Waals surface area contributed by atoms with Crippen molar-refractivity contribution >= 4 is 21.6 Å². The van der Waals surface area contributed by atoms with E-state index in [9.17, 15) is 0 Å². The molecule has 1 aromatic carbocycles. The molecule has 0 spiro atoms. The summed E-state index contributed by atoms with van der Waals surface area (Å²) in [4.78, 5) is 4.69. The zero-order chi connectivity index (χ0) is 13.1. The van der Waals surface area contributed by atoms with Crippen molar-refractivity contribution in [3.05, 3.63) is 28.7 Å². The standard InChI is InChI=1S/C14H18BrN3/c1-11-9-17(2)12(7-8-16)10-18(11)14-6-4-3-5-13(14)15/h3-6,11-12H,7,9-10H2,1-2H3. The second kappa shape index (κ2) is 5.73. The van der Waals surface area contributed by atoms with Crippen LogP contribution in [0.1, 0.15) is 13.3 Å². The highest BCUT2D eigenvalue weighted by atomic mass is 79.9. The summed E-state index contributed by atoms with van der Waals surface area (Å²) in [6.45, 7) is 4.14. The summed E-state index contributed by atoms with van der Waals surface area (Å²) in [5, 5.41) is 8.91. The fraction of sp³-hybridized carbons (Fsp3) is 0.500. The zero-order valence-corrected chi connectivity index (χ0v) is 12.4. The Labute approximate surface area is 117 Å². The van der Waals surface area contributed by atoms with E-state index in [2.05, 4.69) is 64.0 Å². The van der Waals surface area contributed by atoms with Crippen LogP contribution in [0.5, 0.6) is 0 Å². The Bertz CT molecular complexity index is 455. The van der Waals surface area contributed by atoms with Gasteiger partial charge in [-0.05, 0) is 42.0 Å². The molecule has 1 aromatic rings. The Kier molecular flexibility index (Phi) is 4.26. The maximum Gasteiger partial charge on any atom is 0.0638 e. The van der Waals surface area contributed by atoms with Crippen molar-refractivity contribution in [2.24, 2.45) is 0 Å². The van der Waals surface area contributed by atoms with Crippen LogP contribution in [-0.2, 0) is 0 Å². The normalized spacial score (nSPS) is 24.9. The van der Waals surface area contributed by atoms with Crippen LogP contribution >= 0.6 is 15.9 Å². The van der Waals surface area contributed by atoms with E-state index in [1.165, 1.54) is 5.69 Å². The molecule has 18 heavy (non-hydrogen) atoms. The molecule has 2 unspecified atom stereocenters. The molecule has 96 valence electrons. The number of halogens is 1. The van der Waals surface area contributed by atoms with E-state index in [0.717, 1.165) is 17.6 Å². The molecule has 0 aromatic heterocycles. The lowest BCUT2D eigenvalue weighted by molar-refractivity contribution is 0.194. The number of hydrogen-bond donors (Lipinski definition) is 0. The second-order valence-electron chi connectivity index (χ2n) is 4.91. The first-order chi connectivity index (χ1) is 8.63. The van der Waals surface area contributed by atoms with Gasteiger partial charge in [0.25, 0.3) is 0 Å². The highest BCUT2D eigenvalue weighted by Crippen LogP contribution is 2.30. The van der Waals surface area contributed by atoms with Crippen molar-refractivity contribution in [1.29, 1.82) is 5.26 Å². The summed E-state index contributed by atoms with van der Waals surface area (Å²) in [5.41, 5.74) is 1.22. The Hall–Kier alpha value is -1.05. The molecule has 1 aliphatic heterocycles. The van der Waals surface area contributed by atoms with Crippen LogP contribution in [0.3, 0.4) is 0 Å². The van der Waals surface area contributed by atoms with Crippen molar-refractivity contribution in [3.63, 3.8) is 0 Å². The molecule has 1 fully saturated rings. The van der Waals surface area contributed by atoms with Gasteiger partial charge in [0.2, 0.25) is 0 Å². The molecular formula is C14H18BrN3. The van der Waals surface area contributed by atoms with Crippen LogP contribution in [0, 0.1) is 11.3 Å². The second-order valence-corrected chi connectivity index (χ2v) is 5.76. The number of nitriles is 1. The smallest absolute Gasteiger partial charge is 0.0638 e. The first-order valence-electron chi connectivity index (χ1n) is 6.22. The highest BCUT2D eigenvalue weighted by Gasteiger charge is 2.29. The van der Waals surface area contributed by atoms with Gasteiger partial charge in [0.05, 0.1) is 18.2 Å². The average Bonchev–Trinajstić information content (AvgIpc) is 2.34. The molecular weight excluding hydrogens is 290 g/mol. The summed E-state index contributed by atoms with van der Waals surface area (Å²) >= 11 is 3.61. The third-order valence-electron chi connectivity index (χ3n) is 3.60. The number of nitrogens with zero attached hydrogens (tertiary/aromatic N) is 3. The van der Waals surface area contributed by atoms with Crippen molar-refractivity contribution in [2.45, 2.75) is 25.4 Å². The quantitative estimate of drug-likeness (QED) is 0.841. The number of benzene rings is 1. The van der Waals surface area contributed by atoms with E-state index in [4.69, 9.17) is 5.26 Å². The lowest BCUT2D eigenvalue weighted by Gasteiger charge is -2.44. The molecule has 4 heteroatoms. The van der Waals surface area contributed by atoms with Crippen LogP contribution in [0.25, 0.3) is 0 Å². The highest BCUT2D eigenvalue weighted by molar-refractivity contribution is 9.10. The number of anilines is 1. The van der Waals surface area contributed by atoms with Gasteiger partial charge in [-0.3, -0.25) is 4.90 Å². The lowest BCUT2D eigenvalue weighted by Crippen LogP contribution is -2.56. The van der Waals surface area contributed by atoms with Gasteiger partial charge >= 0.3 is 0 Å². The third-order valence-corrected chi connectivity index (χ3v) is 4.27. The summed E-state index contributed by atoms with van der Waals surface area (Å²) in [6.07, 6.45) is 0.587. The monoisotopic (exact) mass is 307 g/mol. The SMILES string of the molecule is CC1CN(C)C(CC#N)CN1c1ccccc1Br. The number of hydrogen-bond acceptors (Lipinski definition) is 3. The first-order valence-corrected chi connectivity index (χ1v) is 7.01. The number of para-hydroxylation sites is 1. The van der Waals surface area contributed by atoms with Crippen LogP contribution < -0.4 is 4.90 Å². The molecule has 0 saturated carbocycles. The minimum absolute atomic E-state index is 0.318. The maximum absolute atomic E-state index is 8.91. The van der Waals surface area contributed by atoms with E-state index in [1.54, 1.807) is 0 Å². The molecule has 0 N–H and O–H groups in total. The summed E-state index contributed by atoms with van der Waals surface area (Å²) < 4.78 is 1.12.